The van der Waals surface area contributed by atoms with Crippen LogP contribution in [-0.2, 0) is 15.1 Å². The van der Waals surface area contributed by atoms with Crippen molar-refractivity contribution in [2.75, 3.05) is 5.32 Å². The van der Waals surface area contributed by atoms with Crippen LogP contribution in [-0.4, -0.2) is 22.8 Å². The minimum absolute atomic E-state index is 0.296. The quantitative estimate of drug-likeness (QED) is 0.387. The van der Waals surface area contributed by atoms with Gasteiger partial charge in [-0.1, -0.05) is 6.07 Å². The molecule has 1 atom stereocenters. The Morgan fingerprint density at radius 1 is 1.12 bits per heavy atom. The van der Waals surface area contributed by atoms with Crippen LogP contribution in [0.4, 0.5) is 10.6 Å². The molecule has 2 aliphatic rings. The van der Waals surface area contributed by atoms with Gasteiger partial charge in [-0.15, -0.1) is 0 Å². The summed E-state index contributed by atoms with van der Waals surface area (Å²) < 4.78 is 0. The van der Waals surface area contributed by atoms with E-state index in [1.807, 2.05) is 5.32 Å². The first-order chi connectivity index (χ1) is 7.64. The number of anilines is 1. The molecule has 0 aromatic carbocycles. The lowest BCUT2D eigenvalue weighted by molar-refractivity contribution is -0.132. The van der Waals surface area contributed by atoms with Crippen molar-refractivity contribution < 1.29 is 14.4 Å². The van der Waals surface area contributed by atoms with E-state index in [1.165, 1.54) is 6.20 Å². The molecule has 7 nitrogen and oxygen atoms in total. The van der Waals surface area contributed by atoms with E-state index in [2.05, 4.69) is 15.6 Å². The number of rotatable bonds is 0. The fourth-order valence-corrected chi connectivity index (χ4v) is 1.94. The van der Waals surface area contributed by atoms with Crippen LogP contribution in [0, 0.1) is 0 Å². The molecule has 1 aromatic rings. The van der Waals surface area contributed by atoms with Gasteiger partial charge >= 0.3 is 6.03 Å². The second kappa shape index (κ2) is 2.57. The molecule has 7 heteroatoms. The zero-order valence-electron chi connectivity index (χ0n) is 7.90. The van der Waals surface area contributed by atoms with Crippen LogP contribution in [0.1, 0.15) is 5.56 Å². The molecule has 4 amide bonds. The molecule has 1 spiro atoms. The van der Waals surface area contributed by atoms with E-state index in [0.717, 1.165) is 0 Å². The summed E-state index contributed by atoms with van der Waals surface area (Å²) in [6.07, 6.45) is 1.49. The summed E-state index contributed by atoms with van der Waals surface area (Å²) in [7, 11) is 0. The summed E-state index contributed by atoms with van der Waals surface area (Å²) in [6, 6.07) is 2.49. The highest BCUT2D eigenvalue weighted by atomic mass is 16.2. The minimum atomic E-state index is -1.65. The summed E-state index contributed by atoms with van der Waals surface area (Å²) in [5, 5.41) is 6.83. The highest BCUT2D eigenvalue weighted by Crippen LogP contribution is 2.36. The maximum absolute atomic E-state index is 11.8. The van der Waals surface area contributed by atoms with Crippen molar-refractivity contribution in [1.29, 1.82) is 0 Å². The molecule has 1 fully saturated rings. The Labute approximate surface area is 89.2 Å². The van der Waals surface area contributed by atoms with Crippen LogP contribution in [0.15, 0.2) is 18.3 Å². The molecule has 3 N–H and O–H groups in total. The van der Waals surface area contributed by atoms with Gasteiger partial charge in [0.1, 0.15) is 5.82 Å². The Hall–Kier alpha value is -2.44. The van der Waals surface area contributed by atoms with E-state index in [9.17, 15) is 14.4 Å². The molecule has 0 saturated carbocycles. The van der Waals surface area contributed by atoms with Crippen molar-refractivity contribution in [3.8, 4) is 0 Å². The molecule has 2 aliphatic heterocycles. The Balaban J connectivity index is 2.25. The van der Waals surface area contributed by atoms with Crippen molar-refractivity contribution in [3.05, 3.63) is 23.9 Å². The molecule has 3 heterocycles. The molecule has 0 bridgehead atoms. The fraction of sp³-hybridized carbons (Fsp3) is 0.111. The number of imide groups is 1. The summed E-state index contributed by atoms with van der Waals surface area (Å²) >= 11 is 0. The maximum Gasteiger partial charge on any atom is 0.323 e. The van der Waals surface area contributed by atoms with Gasteiger partial charge in [0.05, 0.1) is 0 Å². The van der Waals surface area contributed by atoms with Gasteiger partial charge in [-0.3, -0.25) is 14.9 Å². The van der Waals surface area contributed by atoms with Gasteiger partial charge in [0, 0.05) is 11.8 Å². The van der Waals surface area contributed by atoms with E-state index in [1.54, 1.807) is 12.1 Å². The zero-order chi connectivity index (χ0) is 11.3. The number of amides is 4. The number of pyridine rings is 1. The van der Waals surface area contributed by atoms with Crippen LogP contribution < -0.4 is 16.0 Å². The van der Waals surface area contributed by atoms with Gasteiger partial charge in [-0.05, 0) is 6.07 Å². The molecule has 1 saturated heterocycles. The van der Waals surface area contributed by atoms with Crippen LogP contribution in [0.25, 0.3) is 0 Å². The molecule has 0 radical (unpaired) electrons. The van der Waals surface area contributed by atoms with E-state index in [0.29, 0.717) is 11.4 Å². The summed E-state index contributed by atoms with van der Waals surface area (Å²) in [5.74, 6) is -0.976. The monoisotopic (exact) mass is 218 g/mol. The Morgan fingerprint density at radius 3 is 2.56 bits per heavy atom. The number of nitrogens with zero attached hydrogens (tertiary/aromatic N) is 1. The van der Waals surface area contributed by atoms with Crippen LogP contribution in [0.2, 0.25) is 0 Å². The predicted molar refractivity (Wildman–Crippen MR) is 51.2 cm³/mol. The third kappa shape index (κ3) is 0.824. The minimum Gasteiger partial charge on any atom is -0.312 e. The number of urea groups is 1. The molecule has 16 heavy (non-hydrogen) atoms. The number of hydrogen-bond acceptors (Lipinski definition) is 4. The van der Waals surface area contributed by atoms with Crippen molar-refractivity contribution >= 4 is 23.7 Å². The standard InChI is InChI=1S/C9H6N4O3/c14-6-9(7(15)12-8(16)13-9)4-2-1-3-10-5(4)11-6/h1-3H,(H,10,11,14)(H2,12,13,15,16). The van der Waals surface area contributed by atoms with Gasteiger partial charge in [0.25, 0.3) is 11.8 Å². The molecule has 0 aliphatic carbocycles. The van der Waals surface area contributed by atoms with Crippen LogP contribution in [0.3, 0.4) is 0 Å². The largest absolute Gasteiger partial charge is 0.323 e. The number of hydrogen-bond donors (Lipinski definition) is 3. The van der Waals surface area contributed by atoms with Crippen molar-refractivity contribution in [3.63, 3.8) is 0 Å². The average Bonchev–Trinajstić information content (AvgIpc) is 2.69. The summed E-state index contributed by atoms with van der Waals surface area (Å²) in [4.78, 5) is 38.5. The molecule has 80 valence electrons. The molecular weight excluding hydrogens is 212 g/mol. The lowest BCUT2D eigenvalue weighted by Crippen LogP contribution is -2.49. The number of carbonyl (C=O) groups excluding carboxylic acids is 3. The van der Waals surface area contributed by atoms with Crippen molar-refractivity contribution in [2.45, 2.75) is 5.54 Å². The van der Waals surface area contributed by atoms with E-state index in [4.69, 9.17) is 0 Å². The summed E-state index contributed by atoms with van der Waals surface area (Å²) in [6.45, 7) is 0. The van der Waals surface area contributed by atoms with Gasteiger partial charge in [-0.25, -0.2) is 9.78 Å². The molecule has 1 aromatic heterocycles. The average molecular weight is 218 g/mol. The zero-order valence-corrected chi connectivity index (χ0v) is 7.90. The Morgan fingerprint density at radius 2 is 1.88 bits per heavy atom. The van der Waals surface area contributed by atoms with Crippen molar-refractivity contribution in [1.82, 2.24) is 15.6 Å². The smallest absolute Gasteiger partial charge is 0.312 e. The first-order valence-electron chi connectivity index (χ1n) is 4.55. The molecule has 1 unspecified atom stereocenters. The van der Waals surface area contributed by atoms with Gasteiger partial charge in [-0.2, -0.15) is 0 Å². The number of aromatic nitrogens is 1. The SMILES string of the molecule is O=C1NC(=O)C2(N1)C(=O)Nc1ncccc12. The third-order valence-corrected chi connectivity index (χ3v) is 2.65. The van der Waals surface area contributed by atoms with Crippen LogP contribution >= 0.6 is 0 Å². The molecular formula is C9H6N4O3. The predicted octanol–water partition coefficient (Wildman–Crippen LogP) is -0.932. The normalized spacial score (nSPS) is 26.4. The topological polar surface area (TPSA) is 100 Å². The van der Waals surface area contributed by atoms with E-state index >= 15 is 0 Å². The highest BCUT2D eigenvalue weighted by Gasteiger charge is 2.59. The van der Waals surface area contributed by atoms with Crippen molar-refractivity contribution in [2.24, 2.45) is 0 Å². The highest BCUT2D eigenvalue weighted by molar-refractivity contribution is 6.26. The summed E-state index contributed by atoms with van der Waals surface area (Å²) in [5.41, 5.74) is -1.29. The second-order valence-electron chi connectivity index (χ2n) is 3.51. The molecule has 3 rings (SSSR count). The lowest BCUT2D eigenvalue weighted by atomic mass is 9.93. The Bertz CT molecular complexity index is 541. The van der Waals surface area contributed by atoms with E-state index < -0.39 is 23.4 Å². The lowest BCUT2D eigenvalue weighted by Gasteiger charge is -2.16. The number of fused-ring (bicyclic) bond motifs is 2. The fourth-order valence-electron chi connectivity index (χ4n) is 1.94. The van der Waals surface area contributed by atoms with Gasteiger partial charge in [0.2, 0.25) is 5.54 Å². The van der Waals surface area contributed by atoms with Gasteiger partial charge < -0.3 is 10.6 Å². The van der Waals surface area contributed by atoms with Gasteiger partial charge in [0.15, 0.2) is 0 Å². The second-order valence-corrected chi connectivity index (χ2v) is 3.51. The van der Waals surface area contributed by atoms with E-state index in [-0.39, 0.29) is 0 Å². The third-order valence-electron chi connectivity index (χ3n) is 2.65. The number of carbonyl (C=O) groups is 3. The first kappa shape index (κ1) is 8.84. The first-order valence-corrected chi connectivity index (χ1v) is 4.55. The number of nitrogens with one attached hydrogen (secondary N) is 3. The van der Waals surface area contributed by atoms with Crippen LogP contribution in [0.5, 0.6) is 0 Å². The Kier molecular flexibility index (Phi) is 1.42. The maximum atomic E-state index is 11.8.